The molecule has 1 saturated heterocycles. The minimum absolute atomic E-state index is 0.0510. The van der Waals surface area contributed by atoms with Crippen LogP contribution in [-0.4, -0.2) is 24.7 Å². The normalized spacial score (nSPS) is 23.7. The monoisotopic (exact) mass is 297 g/mol. The van der Waals surface area contributed by atoms with Crippen molar-refractivity contribution in [1.29, 1.82) is 0 Å². The molecule has 1 aromatic carbocycles. The fraction of sp³-hybridized carbons (Fsp3) is 0.462. The third-order valence-corrected chi connectivity index (χ3v) is 3.66. The van der Waals surface area contributed by atoms with Crippen molar-refractivity contribution in [3.05, 3.63) is 33.8 Å². The Balaban J connectivity index is 2.14. The van der Waals surface area contributed by atoms with Crippen LogP contribution in [0.5, 0.6) is 0 Å². The van der Waals surface area contributed by atoms with Crippen LogP contribution < -0.4 is 5.32 Å². The molecule has 1 aliphatic rings. The van der Waals surface area contributed by atoms with Gasteiger partial charge in [0.15, 0.2) is 0 Å². The Morgan fingerprint density at radius 2 is 2.29 bits per heavy atom. The summed E-state index contributed by atoms with van der Waals surface area (Å²) in [4.78, 5) is 12.1. The average Bonchev–Trinajstić information content (AvgIpc) is 2.64. The van der Waals surface area contributed by atoms with Crippen LogP contribution >= 0.6 is 15.9 Å². The van der Waals surface area contributed by atoms with E-state index in [4.69, 9.17) is 4.74 Å². The van der Waals surface area contributed by atoms with Crippen LogP contribution in [0.2, 0.25) is 0 Å². The molecule has 4 heteroatoms. The van der Waals surface area contributed by atoms with Gasteiger partial charge in [0.1, 0.15) is 0 Å². The molecule has 1 aromatic rings. The number of benzene rings is 1. The second-order valence-electron chi connectivity index (χ2n) is 4.80. The largest absolute Gasteiger partial charge is 0.379 e. The predicted molar refractivity (Wildman–Crippen MR) is 70.2 cm³/mol. The third-order valence-electron chi connectivity index (χ3n) is 3.00. The number of carbonyl (C=O) groups excluding carboxylic acids is 1. The van der Waals surface area contributed by atoms with Gasteiger partial charge in [0.05, 0.1) is 17.7 Å². The van der Waals surface area contributed by atoms with Crippen molar-refractivity contribution in [2.24, 2.45) is 0 Å². The molecule has 0 bridgehead atoms. The van der Waals surface area contributed by atoms with E-state index >= 15 is 0 Å². The molecule has 0 spiro atoms. The highest BCUT2D eigenvalue weighted by Crippen LogP contribution is 2.22. The van der Waals surface area contributed by atoms with Crippen molar-refractivity contribution < 1.29 is 9.53 Å². The highest BCUT2D eigenvalue weighted by atomic mass is 79.9. The Hall–Kier alpha value is -0.870. The number of carbonyl (C=O) groups is 1. The lowest BCUT2D eigenvalue weighted by Crippen LogP contribution is -2.46. The van der Waals surface area contributed by atoms with E-state index in [2.05, 4.69) is 21.2 Å². The molecule has 2 rings (SSSR count). The number of ether oxygens (including phenoxy) is 1. The van der Waals surface area contributed by atoms with Crippen molar-refractivity contribution in [3.8, 4) is 0 Å². The number of rotatable bonds is 2. The highest BCUT2D eigenvalue weighted by molar-refractivity contribution is 9.10. The minimum Gasteiger partial charge on any atom is -0.379 e. The molecule has 1 aliphatic heterocycles. The third kappa shape index (κ3) is 2.87. The molecule has 92 valence electrons. The molecule has 3 nitrogen and oxygen atoms in total. The van der Waals surface area contributed by atoms with E-state index in [-0.39, 0.29) is 11.4 Å². The Morgan fingerprint density at radius 1 is 1.53 bits per heavy atom. The number of aryl methyl sites for hydroxylation is 1. The van der Waals surface area contributed by atoms with Crippen LogP contribution in [0, 0.1) is 6.92 Å². The maximum atomic E-state index is 12.1. The molecule has 0 radical (unpaired) electrons. The van der Waals surface area contributed by atoms with Gasteiger partial charge >= 0.3 is 0 Å². The van der Waals surface area contributed by atoms with Gasteiger partial charge in [-0.1, -0.05) is 6.07 Å². The Morgan fingerprint density at radius 3 is 2.88 bits per heavy atom. The second-order valence-corrected chi connectivity index (χ2v) is 5.66. The van der Waals surface area contributed by atoms with Crippen molar-refractivity contribution in [1.82, 2.24) is 5.32 Å². The summed E-state index contributed by atoms with van der Waals surface area (Å²) in [7, 11) is 0. The van der Waals surface area contributed by atoms with Crippen LogP contribution in [0.4, 0.5) is 0 Å². The standard InChI is InChI=1S/C13H16BrNO2/c1-9-3-4-10(11(14)7-9)12(16)15-13(2)5-6-17-8-13/h3-4,7H,5-6,8H2,1-2H3,(H,15,16). The second kappa shape index (κ2) is 4.78. The van der Waals surface area contributed by atoms with Crippen LogP contribution in [0.1, 0.15) is 29.3 Å². The molecular formula is C13H16BrNO2. The summed E-state index contributed by atoms with van der Waals surface area (Å²) in [5.74, 6) is -0.0510. The molecule has 0 aliphatic carbocycles. The molecule has 0 saturated carbocycles. The predicted octanol–water partition coefficient (Wildman–Crippen LogP) is 2.67. The van der Waals surface area contributed by atoms with Crippen LogP contribution in [0.15, 0.2) is 22.7 Å². The Kier molecular flexibility index (Phi) is 3.54. The molecule has 0 aromatic heterocycles. The first-order chi connectivity index (χ1) is 8.00. The van der Waals surface area contributed by atoms with Gasteiger partial charge in [0.25, 0.3) is 5.91 Å². The minimum atomic E-state index is -0.235. The van der Waals surface area contributed by atoms with Crippen molar-refractivity contribution in [2.45, 2.75) is 25.8 Å². The molecule has 17 heavy (non-hydrogen) atoms. The van der Waals surface area contributed by atoms with E-state index in [9.17, 15) is 4.79 Å². The number of hydrogen-bond acceptors (Lipinski definition) is 2. The average molecular weight is 298 g/mol. The van der Waals surface area contributed by atoms with Gasteiger partial charge in [-0.2, -0.15) is 0 Å². The van der Waals surface area contributed by atoms with Gasteiger partial charge in [0.2, 0.25) is 0 Å². The number of amides is 1. The molecule has 1 amide bonds. The number of nitrogens with one attached hydrogen (secondary N) is 1. The van der Waals surface area contributed by atoms with E-state index in [1.54, 1.807) is 0 Å². The van der Waals surface area contributed by atoms with Gasteiger partial charge < -0.3 is 10.1 Å². The summed E-state index contributed by atoms with van der Waals surface area (Å²) in [6, 6.07) is 5.73. The summed E-state index contributed by atoms with van der Waals surface area (Å²) in [6.45, 7) is 5.31. The van der Waals surface area contributed by atoms with E-state index in [0.717, 1.165) is 16.5 Å². The summed E-state index contributed by atoms with van der Waals surface area (Å²) >= 11 is 3.42. The first kappa shape index (κ1) is 12.6. The number of hydrogen-bond donors (Lipinski definition) is 1. The lowest BCUT2D eigenvalue weighted by atomic mass is 10.0. The first-order valence-electron chi connectivity index (χ1n) is 5.67. The maximum Gasteiger partial charge on any atom is 0.252 e. The molecule has 1 atom stereocenters. The van der Waals surface area contributed by atoms with Gasteiger partial charge in [-0.15, -0.1) is 0 Å². The Bertz CT molecular complexity index is 439. The van der Waals surface area contributed by atoms with Gasteiger partial charge in [0, 0.05) is 11.1 Å². The van der Waals surface area contributed by atoms with Gasteiger partial charge in [-0.25, -0.2) is 0 Å². The molecule has 1 unspecified atom stereocenters. The summed E-state index contributed by atoms with van der Waals surface area (Å²) in [5.41, 5.74) is 1.56. The van der Waals surface area contributed by atoms with E-state index in [1.165, 1.54) is 0 Å². The molecule has 1 N–H and O–H groups in total. The molecule has 1 heterocycles. The fourth-order valence-electron chi connectivity index (χ4n) is 1.91. The zero-order valence-electron chi connectivity index (χ0n) is 10.0. The van der Waals surface area contributed by atoms with Crippen LogP contribution in [0.3, 0.4) is 0 Å². The highest BCUT2D eigenvalue weighted by Gasteiger charge is 2.31. The van der Waals surface area contributed by atoms with Gasteiger partial charge in [-0.3, -0.25) is 4.79 Å². The Labute approximate surface area is 110 Å². The lowest BCUT2D eigenvalue weighted by Gasteiger charge is -2.23. The van der Waals surface area contributed by atoms with Gasteiger partial charge in [-0.05, 0) is 53.9 Å². The van der Waals surface area contributed by atoms with Crippen molar-refractivity contribution >= 4 is 21.8 Å². The fourth-order valence-corrected chi connectivity index (χ4v) is 2.58. The van der Waals surface area contributed by atoms with E-state index < -0.39 is 0 Å². The summed E-state index contributed by atoms with van der Waals surface area (Å²) < 4.78 is 6.15. The lowest BCUT2D eigenvalue weighted by molar-refractivity contribution is 0.0889. The zero-order valence-corrected chi connectivity index (χ0v) is 11.6. The summed E-state index contributed by atoms with van der Waals surface area (Å²) in [6.07, 6.45) is 0.863. The summed E-state index contributed by atoms with van der Waals surface area (Å²) in [5, 5.41) is 3.04. The topological polar surface area (TPSA) is 38.3 Å². The molecular weight excluding hydrogens is 282 g/mol. The van der Waals surface area contributed by atoms with Crippen LogP contribution in [0.25, 0.3) is 0 Å². The number of halogens is 1. The van der Waals surface area contributed by atoms with Crippen LogP contribution in [-0.2, 0) is 4.74 Å². The smallest absolute Gasteiger partial charge is 0.252 e. The maximum absolute atomic E-state index is 12.1. The molecule has 1 fully saturated rings. The van der Waals surface area contributed by atoms with E-state index in [1.807, 2.05) is 32.0 Å². The quantitative estimate of drug-likeness (QED) is 0.911. The SMILES string of the molecule is Cc1ccc(C(=O)NC2(C)CCOC2)c(Br)c1. The van der Waals surface area contributed by atoms with Crippen molar-refractivity contribution in [3.63, 3.8) is 0 Å². The first-order valence-corrected chi connectivity index (χ1v) is 6.46. The zero-order chi connectivity index (χ0) is 12.5. The van der Waals surface area contributed by atoms with Crippen molar-refractivity contribution in [2.75, 3.05) is 13.2 Å². The van der Waals surface area contributed by atoms with E-state index in [0.29, 0.717) is 18.8 Å².